The molecule has 32 heavy (non-hydrogen) atoms. The van der Waals surface area contributed by atoms with Gasteiger partial charge in [-0.3, -0.25) is 0 Å². The normalized spacial score (nSPS) is 15.2. The van der Waals surface area contributed by atoms with Crippen LogP contribution in [0.5, 0.6) is 5.75 Å². The van der Waals surface area contributed by atoms with E-state index in [1.54, 1.807) is 0 Å². The van der Waals surface area contributed by atoms with Crippen LogP contribution >= 0.6 is 0 Å². The zero-order valence-corrected chi connectivity index (χ0v) is 17.8. The van der Waals surface area contributed by atoms with Crippen LogP contribution < -0.4 is 19.5 Å². The number of hydrogen-bond acceptors (Lipinski definition) is 4. The Balaban J connectivity index is 1.43. The van der Waals surface area contributed by atoms with Crippen LogP contribution in [0.3, 0.4) is 0 Å². The lowest BCUT2D eigenvalue weighted by atomic mass is 9.99. The lowest BCUT2D eigenvalue weighted by Gasteiger charge is -2.17. The highest BCUT2D eigenvalue weighted by Gasteiger charge is 2.32. The van der Waals surface area contributed by atoms with Gasteiger partial charge in [0.15, 0.2) is 0 Å². The van der Waals surface area contributed by atoms with Gasteiger partial charge < -0.3 is 10.1 Å². The molecule has 2 amide bonds. The van der Waals surface area contributed by atoms with Gasteiger partial charge in [0, 0.05) is 17.8 Å². The van der Waals surface area contributed by atoms with Crippen molar-refractivity contribution in [3.8, 4) is 5.75 Å². The molecule has 0 bridgehead atoms. The summed E-state index contributed by atoms with van der Waals surface area (Å²) in [6, 6.07) is 6.41. The number of amides is 2. The van der Waals surface area contributed by atoms with Gasteiger partial charge in [-0.1, -0.05) is 24.3 Å². The van der Waals surface area contributed by atoms with E-state index in [9.17, 15) is 26.4 Å². The second-order valence-electron chi connectivity index (χ2n) is 7.77. The average molecular weight is 469 g/mol. The molecule has 11 heteroatoms. The Hall–Kier alpha value is -2.79. The molecule has 0 atom stereocenters. The molecule has 4 rings (SSSR count). The Morgan fingerprint density at radius 3 is 2.25 bits per heavy atom. The molecule has 0 spiro atoms. The number of fused-ring (bicyclic) bond motifs is 2. The number of carbonyl (C=O) groups is 1. The van der Waals surface area contributed by atoms with Crippen molar-refractivity contribution in [1.82, 2.24) is 9.44 Å². The second kappa shape index (κ2) is 8.62. The topological polar surface area (TPSA) is 96.5 Å². The number of ether oxygens (including phenoxy) is 1. The molecule has 0 saturated carbocycles. The average Bonchev–Trinajstić information content (AvgIpc) is 3.34. The van der Waals surface area contributed by atoms with E-state index >= 15 is 0 Å². The van der Waals surface area contributed by atoms with Gasteiger partial charge in [0.05, 0.1) is 0 Å². The third kappa shape index (κ3) is 5.16. The zero-order chi connectivity index (χ0) is 22.9. The van der Waals surface area contributed by atoms with Crippen molar-refractivity contribution in [2.45, 2.75) is 51.4 Å². The summed E-state index contributed by atoms with van der Waals surface area (Å²) >= 11 is 0. The van der Waals surface area contributed by atoms with Crippen molar-refractivity contribution in [3.05, 3.63) is 58.1 Å². The van der Waals surface area contributed by atoms with Gasteiger partial charge in [-0.25, -0.2) is 9.52 Å². The maximum Gasteiger partial charge on any atom is 0.573 e. The fourth-order valence-corrected chi connectivity index (χ4v) is 5.02. The number of hydrogen-bond donors (Lipinski definition) is 3. The SMILES string of the molecule is O=C(Nc1c2c(cc3c1CCC3)CCC2)NS(=O)(=O)NCc1ccccc1OC(F)(F)F. The van der Waals surface area contributed by atoms with Crippen LogP contribution in [-0.2, 0) is 42.4 Å². The number of anilines is 1. The van der Waals surface area contributed by atoms with Gasteiger partial charge in [-0.05, 0) is 66.8 Å². The maximum atomic E-state index is 12.5. The van der Waals surface area contributed by atoms with E-state index in [1.807, 2.05) is 4.72 Å². The predicted octanol–water partition coefficient (Wildman–Crippen LogP) is 3.72. The van der Waals surface area contributed by atoms with Crippen LogP contribution in [0, 0.1) is 0 Å². The van der Waals surface area contributed by atoms with Gasteiger partial charge in [-0.15, -0.1) is 13.2 Å². The number of rotatable bonds is 6. The minimum Gasteiger partial charge on any atom is -0.405 e. The molecular formula is C21H22F3N3O4S. The fourth-order valence-electron chi connectivity index (χ4n) is 4.31. The number of para-hydroxylation sites is 1. The van der Waals surface area contributed by atoms with Crippen molar-refractivity contribution in [1.29, 1.82) is 0 Å². The summed E-state index contributed by atoms with van der Waals surface area (Å²) in [5, 5.41) is 2.70. The molecular weight excluding hydrogens is 447 g/mol. The first kappa shape index (κ1) is 22.4. The van der Waals surface area contributed by atoms with Crippen LogP contribution in [0.4, 0.5) is 23.7 Å². The Morgan fingerprint density at radius 1 is 1.00 bits per heavy atom. The molecule has 2 aliphatic carbocycles. The molecule has 0 fully saturated rings. The van der Waals surface area contributed by atoms with E-state index in [4.69, 9.17) is 0 Å². The molecule has 0 heterocycles. The molecule has 0 saturated heterocycles. The quantitative estimate of drug-likeness (QED) is 0.601. The molecule has 0 aliphatic heterocycles. The summed E-state index contributed by atoms with van der Waals surface area (Å²) in [6.45, 7) is -0.495. The minimum atomic E-state index is -4.91. The van der Waals surface area contributed by atoms with Crippen molar-refractivity contribution in [2.75, 3.05) is 5.32 Å². The molecule has 0 aromatic heterocycles. The minimum absolute atomic E-state index is 0.0330. The lowest BCUT2D eigenvalue weighted by molar-refractivity contribution is -0.274. The lowest BCUT2D eigenvalue weighted by Crippen LogP contribution is -2.42. The molecule has 2 aromatic rings. The molecule has 0 radical (unpaired) electrons. The standard InChI is InChI=1S/C21H22F3N3O4S/c22-21(23,24)31-18-10-2-1-5-15(18)12-25-32(29,30)27-20(28)26-19-16-8-3-6-13(16)11-14-7-4-9-17(14)19/h1-2,5,10-11,25H,3-4,6-9,12H2,(H2,26,27,28). The zero-order valence-electron chi connectivity index (χ0n) is 17.0. The van der Waals surface area contributed by atoms with Crippen molar-refractivity contribution >= 4 is 21.9 Å². The van der Waals surface area contributed by atoms with Gasteiger partial charge in [0.2, 0.25) is 0 Å². The highest BCUT2D eigenvalue weighted by Crippen LogP contribution is 2.38. The van der Waals surface area contributed by atoms with Gasteiger partial charge in [-0.2, -0.15) is 13.1 Å². The highest BCUT2D eigenvalue weighted by atomic mass is 32.2. The number of carbonyl (C=O) groups excluding carboxylic acids is 1. The Labute approximate surface area is 183 Å². The second-order valence-corrected chi connectivity index (χ2v) is 9.27. The Bertz CT molecular complexity index is 1120. The molecule has 0 unspecified atom stereocenters. The summed E-state index contributed by atoms with van der Waals surface area (Å²) in [5.41, 5.74) is 5.11. The van der Waals surface area contributed by atoms with Crippen LogP contribution in [0.25, 0.3) is 0 Å². The summed E-state index contributed by atoms with van der Waals surface area (Å²) in [6.07, 6.45) is 0.541. The van der Waals surface area contributed by atoms with Crippen molar-refractivity contribution in [3.63, 3.8) is 0 Å². The van der Waals surface area contributed by atoms with E-state index in [0.717, 1.165) is 55.7 Å². The molecule has 2 aromatic carbocycles. The fraction of sp³-hybridized carbons (Fsp3) is 0.381. The Kier molecular flexibility index (Phi) is 6.04. The van der Waals surface area contributed by atoms with E-state index in [2.05, 4.69) is 20.8 Å². The van der Waals surface area contributed by atoms with Gasteiger partial charge in [0.25, 0.3) is 0 Å². The number of aryl methyl sites for hydroxylation is 2. The van der Waals surface area contributed by atoms with Gasteiger partial charge in [0.1, 0.15) is 5.75 Å². The van der Waals surface area contributed by atoms with E-state index < -0.39 is 34.9 Å². The molecule has 2 aliphatic rings. The van der Waals surface area contributed by atoms with Crippen LogP contribution in [0.15, 0.2) is 30.3 Å². The van der Waals surface area contributed by atoms with Gasteiger partial charge >= 0.3 is 22.6 Å². The van der Waals surface area contributed by atoms with Crippen LogP contribution in [0.1, 0.15) is 40.7 Å². The van der Waals surface area contributed by atoms with E-state index in [-0.39, 0.29) is 5.56 Å². The summed E-state index contributed by atoms with van der Waals surface area (Å²) in [5.74, 6) is -0.525. The number of urea groups is 1. The smallest absolute Gasteiger partial charge is 0.405 e. The van der Waals surface area contributed by atoms with E-state index in [0.29, 0.717) is 5.69 Å². The van der Waals surface area contributed by atoms with Crippen molar-refractivity contribution < 1.29 is 31.1 Å². The first-order valence-electron chi connectivity index (χ1n) is 10.2. The third-order valence-corrected chi connectivity index (χ3v) is 6.57. The van der Waals surface area contributed by atoms with Crippen LogP contribution in [0.2, 0.25) is 0 Å². The number of benzene rings is 2. The molecule has 7 nitrogen and oxygen atoms in total. The monoisotopic (exact) mass is 469 g/mol. The summed E-state index contributed by atoms with van der Waals surface area (Å²) < 4.78 is 70.1. The molecule has 3 N–H and O–H groups in total. The number of halogens is 3. The van der Waals surface area contributed by atoms with Crippen molar-refractivity contribution in [2.24, 2.45) is 0 Å². The number of alkyl halides is 3. The van der Waals surface area contributed by atoms with Crippen LogP contribution in [-0.4, -0.2) is 20.8 Å². The predicted molar refractivity (Wildman–Crippen MR) is 112 cm³/mol. The highest BCUT2D eigenvalue weighted by molar-refractivity contribution is 7.88. The number of nitrogens with one attached hydrogen (secondary N) is 3. The van der Waals surface area contributed by atoms with E-state index in [1.165, 1.54) is 29.3 Å². The summed E-state index contributed by atoms with van der Waals surface area (Å²) in [4.78, 5) is 12.5. The largest absolute Gasteiger partial charge is 0.573 e. The third-order valence-electron chi connectivity index (χ3n) is 5.59. The first-order valence-corrected chi connectivity index (χ1v) is 11.7. The first-order chi connectivity index (χ1) is 15.1. The maximum absolute atomic E-state index is 12.5. The Morgan fingerprint density at radius 2 is 1.62 bits per heavy atom. The summed E-state index contributed by atoms with van der Waals surface area (Å²) in [7, 11) is -4.34. The molecule has 172 valence electrons.